The number of hydrogen-bond acceptors (Lipinski definition) is 6. The third-order valence-corrected chi connectivity index (χ3v) is 4.75. The predicted molar refractivity (Wildman–Crippen MR) is 105 cm³/mol. The summed E-state index contributed by atoms with van der Waals surface area (Å²) in [6, 6.07) is 8.32. The maximum Gasteiger partial charge on any atom is 0.183 e. The van der Waals surface area contributed by atoms with Gasteiger partial charge < -0.3 is 0 Å². The normalized spacial score (nSPS) is 11.4. The minimum absolute atomic E-state index is 0.643. The molecule has 0 aliphatic heterocycles. The summed E-state index contributed by atoms with van der Waals surface area (Å²) in [4.78, 5) is 15.1. The molecule has 0 aliphatic carbocycles. The Morgan fingerprint density at radius 1 is 1.04 bits per heavy atom. The number of fused-ring (bicyclic) bond motifs is 1. The van der Waals surface area contributed by atoms with E-state index in [1.54, 1.807) is 12.5 Å². The highest BCUT2D eigenvalue weighted by molar-refractivity contribution is 9.10. The van der Waals surface area contributed by atoms with Gasteiger partial charge >= 0.3 is 0 Å². The Labute approximate surface area is 165 Å². The van der Waals surface area contributed by atoms with Gasteiger partial charge in [-0.05, 0) is 24.6 Å². The molecule has 0 aliphatic rings. The molecule has 0 saturated carbocycles. The van der Waals surface area contributed by atoms with Crippen molar-refractivity contribution in [1.82, 2.24) is 34.4 Å². The van der Waals surface area contributed by atoms with Crippen molar-refractivity contribution >= 4 is 21.6 Å². The summed E-state index contributed by atoms with van der Waals surface area (Å²) in [5, 5.41) is 8.46. The van der Waals surface area contributed by atoms with Crippen molar-refractivity contribution in [3.63, 3.8) is 0 Å². The number of hydrogen-bond donors (Lipinski definition) is 0. The van der Waals surface area contributed by atoms with E-state index in [-0.39, 0.29) is 0 Å². The van der Waals surface area contributed by atoms with Crippen LogP contribution < -0.4 is 0 Å². The molecule has 0 radical (unpaired) electrons. The van der Waals surface area contributed by atoms with E-state index in [1.807, 2.05) is 42.0 Å². The van der Waals surface area contributed by atoms with Crippen LogP contribution in [-0.2, 0) is 19.6 Å². The summed E-state index contributed by atoms with van der Waals surface area (Å²) in [7, 11) is 0. The average Bonchev–Trinajstić information content (AvgIpc) is 3.05. The second-order valence-electron chi connectivity index (χ2n) is 6.34. The zero-order valence-corrected chi connectivity index (χ0v) is 16.4. The fraction of sp³-hybridized carbons (Fsp3) is 0.211. The Kier molecular flexibility index (Phi) is 5.17. The molecule has 27 heavy (non-hydrogen) atoms. The lowest BCUT2D eigenvalue weighted by molar-refractivity contribution is 0.244. The van der Waals surface area contributed by atoms with Gasteiger partial charge in [-0.25, -0.2) is 9.97 Å². The van der Waals surface area contributed by atoms with Crippen LogP contribution in [0.25, 0.3) is 5.65 Å². The molecule has 8 heteroatoms. The van der Waals surface area contributed by atoms with Crippen molar-refractivity contribution in [2.75, 3.05) is 0 Å². The molecule has 0 unspecified atom stereocenters. The van der Waals surface area contributed by atoms with Gasteiger partial charge in [0.25, 0.3) is 0 Å². The molecule has 1 aromatic carbocycles. The standard InChI is InChI=1S/C19H18BrN7/c1-14-24-25-19-18(23-5-6-27(14)19)12-26(11-16-8-21-13-22-9-16)10-15-3-2-4-17(20)7-15/h2-9,13H,10-12H2,1H3. The first-order valence-electron chi connectivity index (χ1n) is 8.55. The van der Waals surface area contributed by atoms with E-state index >= 15 is 0 Å². The van der Waals surface area contributed by atoms with Crippen LogP contribution in [0.2, 0.25) is 0 Å². The molecule has 3 heterocycles. The average molecular weight is 424 g/mol. The van der Waals surface area contributed by atoms with Crippen LogP contribution in [0.4, 0.5) is 0 Å². The van der Waals surface area contributed by atoms with Crippen LogP contribution in [0.5, 0.6) is 0 Å². The summed E-state index contributed by atoms with van der Waals surface area (Å²) in [6.45, 7) is 4.06. The maximum atomic E-state index is 4.56. The monoisotopic (exact) mass is 423 g/mol. The van der Waals surface area contributed by atoms with Gasteiger partial charge in [0.1, 0.15) is 12.2 Å². The zero-order chi connectivity index (χ0) is 18.6. The first-order chi connectivity index (χ1) is 13.2. The molecule has 4 rings (SSSR count). The number of aryl methyl sites for hydroxylation is 1. The number of rotatable bonds is 6. The lowest BCUT2D eigenvalue weighted by atomic mass is 10.2. The Bertz CT molecular complexity index is 1050. The molecule has 0 amide bonds. The highest BCUT2D eigenvalue weighted by Crippen LogP contribution is 2.18. The van der Waals surface area contributed by atoms with Crippen molar-refractivity contribution in [2.24, 2.45) is 0 Å². The van der Waals surface area contributed by atoms with Crippen LogP contribution in [-0.4, -0.2) is 34.4 Å². The second kappa shape index (κ2) is 7.89. The Balaban J connectivity index is 1.64. The third-order valence-electron chi connectivity index (χ3n) is 4.26. The largest absolute Gasteiger partial charge is 0.289 e. The molecule has 0 N–H and O–H groups in total. The van der Waals surface area contributed by atoms with Gasteiger partial charge in [-0.2, -0.15) is 0 Å². The fourth-order valence-electron chi connectivity index (χ4n) is 3.05. The van der Waals surface area contributed by atoms with E-state index in [2.05, 4.69) is 58.1 Å². The van der Waals surface area contributed by atoms with E-state index in [0.29, 0.717) is 13.1 Å². The molecule has 0 bridgehead atoms. The van der Waals surface area contributed by atoms with Crippen LogP contribution in [0.15, 0.2) is 59.9 Å². The molecule has 4 aromatic rings. The minimum Gasteiger partial charge on any atom is -0.289 e. The fourth-order valence-corrected chi connectivity index (χ4v) is 3.49. The van der Waals surface area contributed by atoms with Gasteiger partial charge in [0.2, 0.25) is 0 Å². The van der Waals surface area contributed by atoms with Crippen LogP contribution in [0.3, 0.4) is 0 Å². The predicted octanol–water partition coefficient (Wildman–Crippen LogP) is 3.19. The maximum absolute atomic E-state index is 4.56. The molecule has 0 saturated heterocycles. The van der Waals surface area contributed by atoms with Gasteiger partial charge in [0.15, 0.2) is 5.65 Å². The number of nitrogens with zero attached hydrogens (tertiary/aromatic N) is 7. The quantitative estimate of drug-likeness (QED) is 0.474. The molecule has 0 atom stereocenters. The Morgan fingerprint density at radius 3 is 2.67 bits per heavy atom. The molecule has 0 spiro atoms. The highest BCUT2D eigenvalue weighted by atomic mass is 79.9. The van der Waals surface area contributed by atoms with Crippen LogP contribution in [0, 0.1) is 6.92 Å². The third kappa shape index (κ3) is 4.17. The summed E-state index contributed by atoms with van der Waals surface area (Å²) in [6.07, 6.45) is 8.91. The number of benzene rings is 1. The number of aromatic nitrogens is 6. The topological polar surface area (TPSA) is 72.1 Å². The van der Waals surface area contributed by atoms with Crippen molar-refractivity contribution in [2.45, 2.75) is 26.6 Å². The SMILES string of the molecule is Cc1nnc2c(CN(Cc3cncnc3)Cc3cccc(Br)c3)nccn12. The molecule has 136 valence electrons. The summed E-state index contributed by atoms with van der Waals surface area (Å²) >= 11 is 3.55. The second-order valence-corrected chi connectivity index (χ2v) is 7.25. The van der Waals surface area contributed by atoms with Crippen LogP contribution >= 0.6 is 15.9 Å². The van der Waals surface area contributed by atoms with E-state index in [1.165, 1.54) is 5.56 Å². The molecule has 7 nitrogen and oxygen atoms in total. The van der Waals surface area contributed by atoms with E-state index < -0.39 is 0 Å². The summed E-state index contributed by atoms with van der Waals surface area (Å²) in [5.41, 5.74) is 3.95. The van der Waals surface area contributed by atoms with Crippen molar-refractivity contribution < 1.29 is 0 Å². The van der Waals surface area contributed by atoms with Gasteiger partial charge in [0, 0.05) is 54.5 Å². The van der Waals surface area contributed by atoms with Crippen LogP contribution in [0.1, 0.15) is 22.6 Å². The molecular weight excluding hydrogens is 406 g/mol. The van der Waals surface area contributed by atoms with Crippen molar-refractivity contribution in [1.29, 1.82) is 0 Å². The van der Waals surface area contributed by atoms with Gasteiger partial charge in [0.05, 0.1) is 5.69 Å². The lowest BCUT2D eigenvalue weighted by Crippen LogP contribution is -2.23. The smallest absolute Gasteiger partial charge is 0.183 e. The van der Waals surface area contributed by atoms with Crippen molar-refractivity contribution in [3.05, 3.63) is 82.5 Å². The first-order valence-corrected chi connectivity index (χ1v) is 9.34. The van der Waals surface area contributed by atoms with E-state index in [0.717, 1.165) is 33.7 Å². The summed E-state index contributed by atoms with van der Waals surface area (Å²) < 4.78 is 3.03. The number of halogens is 1. The van der Waals surface area contributed by atoms with Gasteiger partial charge in [-0.1, -0.05) is 28.1 Å². The first kappa shape index (κ1) is 17.7. The molecule has 3 aromatic heterocycles. The minimum atomic E-state index is 0.643. The Hall–Kier alpha value is -2.71. The molecule has 0 fully saturated rings. The molecular formula is C19H18BrN7. The summed E-state index contributed by atoms with van der Waals surface area (Å²) in [5.74, 6) is 0.851. The highest BCUT2D eigenvalue weighted by Gasteiger charge is 2.14. The van der Waals surface area contributed by atoms with Crippen molar-refractivity contribution in [3.8, 4) is 0 Å². The van der Waals surface area contributed by atoms with Gasteiger partial charge in [-0.3, -0.25) is 14.3 Å². The zero-order valence-electron chi connectivity index (χ0n) is 14.8. The van der Waals surface area contributed by atoms with E-state index in [9.17, 15) is 0 Å². The van der Waals surface area contributed by atoms with E-state index in [4.69, 9.17) is 0 Å². The Morgan fingerprint density at radius 2 is 1.85 bits per heavy atom. The van der Waals surface area contributed by atoms with Gasteiger partial charge in [-0.15, -0.1) is 10.2 Å². The lowest BCUT2D eigenvalue weighted by Gasteiger charge is -2.22.